The van der Waals surface area contributed by atoms with Gasteiger partial charge in [0.15, 0.2) is 0 Å². The maximum absolute atomic E-state index is 11.4. The van der Waals surface area contributed by atoms with E-state index in [0.29, 0.717) is 11.5 Å². The van der Waals surface area contributed by atoms with E-state index in [1.807, 2.05) is 31.1 Å². The predicted molar refractivity (Wildman–Crippen MR) is 84.3 cm³/mol. The van der Waals surface area contributed by atoms with E-state index in [0.717, 1.165) is 37.2 Å². The maximum atomic E-state index is 11.4. The molecule has 0 amide bonds. The van der Waals surface area contributed by atoms with Gasteiger partial charge in [0.25, 0.3) is 0 Å². The molecule has 1 aromatic rings. The van der Waals surface area contributed by atoms with E-state index >= 15 is 0 Å². The number of halogens is 1. The van der Waals surface area contributed by atoms with Gasteiger partial charge in [0.1, 0.15) is 0 Å². The highest BCUT2D eigenvalue weighted by Gasteiger charge is 2.22. The first-order valence-corrected chi connectivity index (χ1v) is 6.69. The zero-order valence-corrected chi connectivity index (χ0v) is 13.1. The molecule has 1 unspecified atom stereocenters. The Balaban J connectivity index is 0.00000200. The quantitative estimate of drug-likeness (QED) is 0.927. The van der Waals surface area contributed by atoms with Gasteiger partial charge in [-0.15, -0.1) is 12.4 Å². The highest BCUT2D eigenvalue weighted by molar-refractivity contribution is 5.90. The van der Waals surface area contributed by atoms with E-state index in [9.17, 15) is 9.90 Å². The fraction of sp³-hybridized carbons (Fsp3) is 0.533. The molecule has 112 valence electrons. The van der Waals surface area contributed by atoms with E-state index < -0.39 is 5.97 Å². The number of rotatable bonds is 4. The highest BCUT2D eigenvalue weighted by atomic mass is 35.5. The van der Waals surface area contributed by atoms with Gasteiger partial charge >= 0.3 is 5.97 Å². The van der Waals surface area contributed by atoms with Crippen LogP contribution in [0, 0.1) is 5.92 Å². The van der Waals surface area contributed by atoms with Crippen molar-refractivity contribution >= 4 is 24.1 Å². The van der Waals surface area contributed by atoms with Crippen LogP contribution in [-0.4, -0.2) is 50.2 Å². The molecule has 1 N–H and O–H groups in total. The molecule has 0 aliphatic carbocycles. The summed E-state index contributed by atoms with van der Waals surface area (Å²) in [5, 5.41) is 9.37. The molecule has 4 nitrogen and oxygen atoms in total. The number of benzene rings is 1. The minimum absolute atomic E-state index is 0. The van der Waals surface area contributed by atoms with Crippen LogP contribution in [0.3, 0.4) is 0 Å². The third kappa shape index (κ3) is 3.87. The van der Waals surface area contributed by atoms with Crippen molar-refractivity contribution < 1.29 is 9.90 Å². The first kappa shape index (κ1) is 16.8. The summed E-state index contributed by atoms with van der Waals surface area (Å²) >= 11 is 0. The van der Waals surface area contributed by atoms with Gasteiger partial charge in [0.05, 0.1) is 5.56 Å². The normalized spacial score (nSPS) is 18.6. The molecule has 5 heteroatoms. The molecular weight excluding hydrogens is 276 g/mol. The van der Waals surface area contributed by atoms with Crippen molar-refractivity contribution in [3.8, 4) is 0 Å². The van der Waals surface area contributed by atoms with Crippen molar-refractivity contribution in [1.29, 1.82) is 0 Å². The number of hydrogen-bond donors (Lipinski definition) is 1. The number of anilines is 1. The van der Waals surface area contributed by atoms with E-state index in [4.69, 9.17) is 0 Å². The molecule has 1 aliphatic heterocycles. The average Bonchev–Trinajstić information content (AvgIpc) is 2.74. The zero-order valence-electron chi connectivity index (χ0n) is 12.3. The van der Waals surface area contributed by atoms with Gasteiger partial charge in [-0.05, 0) is 50.0 Å². The summed E-state index contributed by atoms with van der Waals surface area (Å²) in [5.74, 6) is -0.252. The fourth-order valence-corrected chi connectivity index (χ4v) is 2.72. The molecule has 0 spiro atoms. The maximum Gasteiger partial charge on any atom is 0.336 e. The molecule has 0 aromatic heterocycles. The summed E-state index contributed by atoms with van der Waals surface area (Å²) in [5.41, 5.74) is 2.34. The van der Waals surface area contributed by atoms with Crippen LogP contribution in [0.25, 0.3) is 0 Å². The molecule has 1 atom stereocenters. The van der Waals surface area contributed by atoms with Crippen LogP contribution in [0.15, 0.2) is 18.2 Å². The molecule has 1 aliphatic rings. The van der Waals surface area contributed by atoms with Crippen molar-refractivity contribution in [3.63, 3.8) is 0 Å². The van der Waals surface area contributed by atoms with Crippen LogP contribution in [0.2, 0.25) is 0 Å². The van der Waals surface area contributed by atoms with Gasteiger partial charge in [-0.25, -0.2) is 4.79 Å². The Morgan fingerprint density at radius 1 is 1.45 bits per heavy atom. The monoisotopic (exact) mass is 298 g/mol. The summed E-state index contributed by atoms with van der Waals surface area (Å²) in [6.07, 6.45) is 2.02. The van der Waals surface area contributed by atoms with Crippen LogP contribution in [0.4, 0.5) is 5.69 Å². The van der Waals surface area contributed by atoms with Crippen LogP contribution in [0.5, 0.6) is 0 Å². The van der Waals surface area contributed by atoms with E-state index in [2.05, 4.69) is 11.9 Å². The number of carboxylic acid groups (broad SMARTS) is 1. The Morgan fingerprint density at radius 2 is 2.15 bits per heavy atom. The lowest BCUT2D eigenvalue weighted by Gasteiger charge is -2.17. The van der Waals surface area contributed by atoms with Gasteiger partial charge < -0.3 is 14.9 Å². The molecule has 1 saturated heterocycles. The van der Waals surface area contributed by atoms with E-state index in [-0.39, 0.29) is 12.4 Å². The summed E-state index contributed by atoms with van der Waals surface area (Å²) in [6, 6.07) is 5.74. The zero-order chi connectivity index (χ0) is 14.0. The lowest BCUT2D eigenvalue weighted by atomic mass is 9.94. The van der Waals surface area contributed by atoms with Crippen molar-refractivity contribution in [2.24, 2.45) is 5.92 Å². The van der Waals surface area contributed by atoms with Crippen LogP contribution >= 0.6 is 12.4 Å². The summed E-state index contributed by atoms with van der Waals surface area (Å²) in [4.78, 5) is 15.6. The summed E-state index contributed by atoms with van der Waals surface area (Å²) in [6.45, 7) is 2.18. The Kier molecular flexibility index (Phi) is 5.84. The lowest BCUT2D eigenvalue weighted by molar-refractivity contribution is 0.0695. The number of nitrogens with zero attached hydrogens (tertiary/aromatic N) is 2. The summed E-state index contributed by atoms with van der Waals surface area (Å²) in [7, 11) is 5.96. The Bertz CT molecular complexity index is 477. The highest BCUT2D eigenvalue weighted by Crippen LogP contribution is 2.24. The van der Waals surface area contributed by atoms with E-state index in [1.165, 1.54) is 0 Å². The van der Waals surface area contributed by atoms with Gasteiger partial charge in [-0.3, -0.25) is 0 Å². The van der Waals surface area contributed by atoms with Crippen LogP contribution in [0.1, 0.15) is 22.3 Å². The standard InChI is InChI=1S/C15H22N2O2.ClH/c1-16(2)13-5-4-12(14(9-13)15(18)19)8-11-6-7-17(3)10-11;/h4-5,9,11H,6-8,10H2,1-3H3,(H,18,19);1H. The van der Waals surface area contributed by atoms with Gasteiger partial charge in [0.2, 0.25) is 0 Å². The smallest absolute Gasteiger partial charge is 0.336 e. The molecule has 1 fully saturated rings. The van der Waals surface area contributed by atoms with Crippen molar-refractivity contribution in [1.82, 2.24) is 4.90 Å². The lowest BCUT2D eigenvalue weighted by Crippen LogP contribution is -2.16. The van der Waals surface area contributed by atoms with Crippen molar-refractivity contribution in [2.45, 2.75) is 12.8 Å². The Labute approximate surface area is 126 Å². The largest absolute Gasteiger partial charge is 0.478 e. The number of likely N-dealkylation sites (tertiary alicyclic amines) is 1. The first-order valence-electron chi connectivity index (χ1n) is 6.69. The van der Waals surface area contributed by atoms with Crippen LogP contribution in [-0.2, 0) is 6.42 Å². The molecule has 0 radical (unpaired) electrons. The van der Waals surface area contributed by atoms with Gasteiger partial charge in [0, 0.05) is 26.3 Å². The second-order valence-electron chi connectivity index (χ2n) is 5.66. The first-order chi connectivity index (χ1) is 8.97. The number of aromatic carboxylic acids is 1. The average molecular weight is 299 g/mol. The molecule has 1 heterocycles. The fourth-order valence-electron chi connectivity index (χ4n) is 2.72. The Hall–Kier alpha value is -1.26. The van der Waals surface area contributed by atoms with Crippen molar-refractivity contribution in [2.75, 3.05) is 39.1 Å². The minimum Gasteiger partial charge on any atom is -0.478 e. The molecule has 2 rings (SSSR count). The number of hydrogen-bond acceptors (Lipinski definition) is 3. The summed E-state index contributed by atoms with van der Waals surface area (Å²) < 4.78 is 0. The predicted octanol–water partition coefficient (Wildman–Crippen LogP) is 2.37. The third-order valence-electron chi connectivity index (χ3n) is 3.84. The molecular formula is C15H23ClN2O2. The van der Waals surface area contributed by atoms with Crippen molar-refractivity contribution in [3.05, 3.63) is 29.3 Å². The second-order valence-corrected chi connectivity index (χ2v) is 5.66. The minimum atomic E-state index is -0.829. The van der Waals surface area contributed by atoms with Gasteiger partial charge in [-0.2, -0.15) is 0 Å². The molecule has 1 aromatic carbocycles. The van der Waals surface area contributed by atoms with Gasteiger partial charge in [-0.1, -0.05) is 6.07 Å². The topological polar surface area (TPSA) is 43.8 Å². The number of carbonyl (C=O) groups is 1. The van der Waals surface area contributed by atoms with Crippen LogP contribution < -0.4 is 4.90 Å². The second kappa shape index (κ2) is 6.95. The SMILES string of the molecule is CN1CCC(Cc2ccc(N(C)C)cc2C(=O)O)C1.Cl. The third-order valence-corrected chi connectivity index (χ3v) is 3.84. The number of carboxylic acids is 1. The molecule has 0 saturated carbocycles. The molecule has 0 bridgehead atoms. The molecule has 20 heavy (non-hydrogen) atoms. The Morgan fingerprint density at radius 3 is 2.65 bits per heavy atom. The van der Waals surface area contributed by atoms with E-state index in [1.54, 1.807) is 6.07 Å².